The fraction of sp³-hybridized carbons (Fsp3) is 0.308. The van der Waals surface area contributed by atoms with Crippen LogP contribution in [-0.4, -0.2) is 41.3 Å². The van der Waals surface area contributed by atoms with E-state index in [1.54, 1.807) is 12.1 Å². The van der Waals surface area contributed by atoms with Crippen molar-refractivity contribution in [3.63, 3.8) is 0 Å². The molecule has 2 aromatic rings. The summed E-state index contributed by atoms with van der Waals surface area (Å²) in [5.74, 6) is 0.184. The van der Waals surface area contributed by atoms with Crippen LogP contribution in [0.4, 0.5) is 21.6 Å². The molecule has 7 nitrogen and oxygen atoms in total. The molecule has 8 heteroatoms. The number of aromatic nitrogens is 2. The molecule has 1 fully saturated rings. The van der Waals surface area contributed by atoms with Gasteiger partial charge >= 0.3 is 5.69 Å². The summed E-state index contributed by atoms with van der Waals surface area (Å²) in [4.78, 5) is 14.5. The first-order valence-corrected chi connectivity index (χ1v) is 6.58. The van der Waals surface area contributed by atoms with Crippen molar-refractivity contribution in [3.05, 3.63) is 46.4 Å². The SMILES string of the molecule is O=[N+]([O-])c1cn[nH]c1N1CCN(c2ccc(F)cc2)CC1. The van der Waals surface area contributed by atoms with E-state index in [0.29, 0.717) is 32.0 Å². The molecular formula is C13H14FN5O2. The molecular weight excluding hydrogens is 277 g/mol. The average Bonchev–Trinajstić information content (AvgIpc) is 2.98. The predicted molar refractivity (Wildman–Crippen MR) is 76.1 cm³/mol. The summed E-state index contributed by atoms with van der Waals surface area (Å²) in [6.45, 7) is 2.70. The van der Waals surface area contributed by atoms with E-state index in [1.807, 2.05) is 4.90 Å². The number of nitrogens with one attached hydrogen (secondary N) is 1. The number of aromatic amines is 1. The summed E-state index contributed by atoms with van der Waals surface area (Å²) in [6.07, 6.45) is 1.22. The van der Waals surface area contributed by atoms with Crippen molar-refractivity contribution in [3.8, 4) is 0 Å². The summed E-state index contributed by atoms with van der Waals surface area (Å²) in [5, 5.41) is 17.3. The molecule has 1 aliphatic heterocycles. The van der Waals surface area contributed by atoms with Gasteiger partial charge in [0.1, 0.15) is 12.0 Å². The third-order valence-electron chi connectivity index (χ3n) is 3.58. The Hall–Kier alpha value is -2.64. The van der Waals surface area contributed by atoms with Gasteiger partial charge in [-0.25, -0.2) is 4.39 Å². The van der Waals surface area contributed by atoms with E-state index in [9.17, 15) is 14.5 Å². The fourth-order valence-corrected chi connectivity index (χ4v) is 2.48. The summed E-state index contributed by atoms with van der Waals surface area (Å²) in [7, 11) is 0. The molecule has 1 N–H and O–H groups in total. The molecule has 1 aromatic carbocycles. The zero-order valence-electron chi connectivity index (χ0n) is 11.2. The zero-order chi connectivity index (χ0) is 14.8. The minimum Gasteiger partial charge on any atom is -0.368 e. The Morgan fingerprint density at radius 2 is 1.76 bits per heavy atom. The Bertz CT molecular complexity index is 634. The van der Waals surface area contributed by atoms with E-state index >= 15 is 0 Å². The van der Waals surface area contributed by atoms with Crippen molar-refractivity contribution in [2.45, 2.75) is 0 Å². The molecule has 3 rings (SSSR count). The van der Waals surface area contributed by atoms with Crippen LogP contribution in [0.1, 0.15) is 0 Å². The lowest BCUT2D eigenvalue weighted by Crippen LogP contribution is -2.46. The number of H-pyrrole nitrogens is 1. The highest BCUT2D eigenvalue weighted by Gasteiger charge is 2.25. The maximum atomic E-state index is 12.9. The van der Waals surface area contributed by atoms with Gasteiger partial charge < -0.3 is 9.80 Å². The number of nitrogens with zero attached hydrogens (tertiary/aromatic N) is 4. The van der Waals surface area contributed by atoms with Crippen molar-refractivity contribution in [2.24, 2.45) is 0 Å². The molecule has 1 saturated heterocycles. The highest BCUT2D eigenvalue weighted by molar-refractivity contribution is 5.58. The van der Waals surface area contributed by atoms with Crippen LogP contribution >= 0.6 is 0 Å². The van der Waals surface area contributed by atoms with E-state index in [-0.39, 0.29) is 11.5 Å². The van der Waals surface area contributed by atoms with Gasteiger partial charge in [-0.15, -0.1) is 0 Å². The number of anilines is 2. The van der Waals surface area contributed by atoms with Crippen LogP contribution in [0.15, 0.2) is 30.5 Å². The Morgan fingerprint density at radius 1 is 1.14 bits per heavy atom. The third-order valence-corrected chi connectivity index (χ3v) is 3.58. The highest BCUT2D eigenvalue weighted by Crippen LogP contribution is 2.26. The lowest BCUT2D eigenvalue weighted by molar-refractivity contribution is -0.384. The summed E-state index contributed by atoms with van der Waals surface area (Å²) >= 11 is 0. The molecule has 0 bridgehead atoms. The number of rotatable bonds is 3. The van der Waals surface area contributed by atoms with Crippen LogP contribution in [0.5, 0.6) is 0 Å². The molecule has 0 atom stereocenters. The second-order valence-electron chi connectivity index (χ2n) is 4.81. The number of hydrogen-bond acceptors (Lipinski definition) is 5. The van der Waals surface area contributed by atoms with E-state index in [1.165, 1.54) is 18.3 Å². The zero-order valence-corrected chi connectivity index (χ0v) is 11.2. The molecule has 110 valence electrons. The second-order valence-corrected chi connectivity index (χ2v) is 4.81. The lowest BCUT2D eigenvalue weighted by atomic mass is 10.2. The van der Waals surface area contributed by atoms with Gasteiger partial charge in [0.05, 0.1) is 4.92 Å². The largest absolute Gasteiger partial charge is 0.368 e. The molecule has 0 unspecified atom stereocenters. The number of hydrogen-bond donors (Lipinski definition) is 1. The van der Waals surface area contributed by atoms with Crippen LogP contribution in [-0.2, 0) is 0 Å². The number of halogens is 1. The van der Waals surface area contributed by atoms with Gasteiger partial charge in [-0.2, -0.15) is 5.10 Å². The summed E-state index contributed by atoms with van der Waals surface area (Å²) in [5.41, 5.74) is 0.945. The molecule has 2 heterocycles. The highest BCUT2D eigenvalue weighted by atomic mass is 19.1. The summed E-state index contributed by atoms with van der Waals surface area (Å²) in [6, 6.07) is 6.34. The maximum absolute atomic E-state index is 12.9. The molecule has 1 aromatic heterocycles. The molecule has 0 aliphatic carbocycles. The van der Waals surface area contributed by atoms with Crippen LogP contribution in [0.3, 0.4) is 0 Å². The van der Waals surface area contributed by atoms with Gasteiger partial charge in [0.15, 0.2) is 0 Å². The molecule has 0 saturated carbocycles. The normalized spacial score (nSPS) is 15.3. The molecule has 0 spiro atoms. The minimum atomic E-state index is -0.439. The number of piperazine rings is 1. The van der Waals surface area contributed by atoms with Crippen LogP contribution in [0.2, 0.25) is 0 Å². The van der Waals surface area contributed by atoms with Gasteiger partial charge in [-0.05, 0) is 24.3 Å². The van der Waals surface area contributed by atoms with Crippen molar-refractivity contribution in [1.29, 1.82) is 0 Å². The topological polar surface area (TPSA) is 78.3 Å². The number of nitro groups is 1. The van der Waals surface area contributed by atoms with E-state index in [4.69, 9.17) is 0 Å². The Kier molecular flexibility index (Phi) is 3.43. The first-order chi connectivity index (χ1) is 10.1. The summed E-state index contributed by atoms with van der Waals surface area (Å²) < 4.78 is 12.9. The van der Waals surface area contributed by atoms with Gasteiger partial charge in [-0.3, -0.25) is 15.2 Å². The first-order valence-electron chi connectivity index (χ1n) is 6.58. The number of benzene rings is 1. The Balaban J connectivity index is 1.69. The van der Waals surface area contributed by atoms with Crippen LogP contribution < -0.4 is 9.80 Å². The van der Waals surface area contributed by atoms with Crippen molar-refractivity contribution in [1.82, 2.24) is 10.2 Å². The van der Waals surface area contributed by atoms with Crippen LogP contribution in [0, 0.1) is 15.9 Å². The van der Waals surface area contributed by atoms with Gasteiger partial charge in [0.2, 0.25) is 5.82 Å². The molecule has 1 aliphatic rings. The van der Waals surface area contributed by atoms with Gasteiger partial charge in [0, 0.05) is 31.9 Å². The smallest absolute Gasteiger partial charge is 0.330 e. The minimum absolute atomic E-state index is 0.00904. The molecule has 0 amide bonds. The standard InChI is InChI=1S/C13H14FN5O2/c14-10-1-3-11(4-2-10)17-5-7-18(8-6-17)13-12(19(20)21)9-15-16-13/h1-4,9H,5-8H2,(H,15,16). The van der Waals surface area contributed by atoms with Gasteiger partial charge in [0.25, 0.3) is 0 Å². The Labute approximate surface area is 120 Å². The predicted octanol–water partition coefficient (Wildman–Crippen LogP) is 1.78. The molecule has 0 radical (unpaired) electrons. The quantitative estimate of drug-likeness (QED) is 0.689. The maximum Gasteiger partial charge on any atom is 0.330 e. The van der Waals surface area contributed by atoms with E-state index in [2.05, 4.69) is 15.1 Å². The van der Waals surface area contributed by atoms with Crippen molar-refractivity contribution in [2.75, 3.05) is 36.0 Å². The second kappa shape index (κ2) is 5.39. The van der Waals surface area contributed by atoms with Crippen molar-refractivity contribution < 1.29 is 9.31 Å². The Morgan fingerprint density at radius 3 is 2.38 bits per heavy atom. The van der Waals surface area contributed by atoms with E-state index < -0.39 is 4.92 Å². The van der Waals surface area contributed by atoms with Crippen molar-refractivity contribution >= 4 is 17.2 Å². The average molecular weight is 291 g/mol. The van der Waals surface area contributed by atoms with E-state index in [0.717, 1.165) is 5.69 Å². The third kappa shape index (κ3) is 2.64. The molecule has 21 heavy (non-hydrogen) atoms. The fourth-order valence-electron chi connectivity index (χ4n) is 2.48. The van der Waals surface area contributed by atoms with Gasteiger partial charge in [-0.1, -0.05) is 0 Å². The first kappa shape index (κ1) is 13.3. The monoisotopic (exact) mass is 291 g/mol. The van der Waals surface area contributed by atoms with Crippen LogP contribution in [0.25, 0.3) is 0 Å². The lowest BCUT2D eigenvalue weighted by Gasteiger charge is -2.36.